The van der Waals surface area contributed by atoms with Gasteiger partial charge in [-0.25, -0.2) is 4.79 Å². The average Bonchev–Trinajstić information content (AvgIpc) is 2.65. The van der Waals surface area contributed by atoms with Crippen molar-refractivity contribution in [3.8, 4) is 0 Å². The first-order chi connectivity index (χ1) is 12.6. The Balaban J connectivity index is 1.46. The van der Waals surface area contributed by atoms with Crippen molar-refractivity contribution in [2.45, 2.75) is 51.9 Å². The van der Waals surface area contributed by atoms with Gasteiger partial charge in [0.1, 0.15) is 0 Å². The van der Waals surface area contributed by atoms with E-state index in [-0.39, 0.29) is 0 Å². The lowest BCUT2D eigenvalue weighted by Crippen LogP contribution is -2.36. The molecular weight excluding hydrogens is 324 g/mol. The van der Waals surface area contributed by atoms with Crippen LogP contribution in [0.2, 0.25) is 0 Å². The van der Waals surface area contributed by atoms with E-state index in [4.69, 9.17) is 5.11 Å². The lowest BCUT2D eigenvalue weighted by Gasteiger charge is -2.33. The van der Waals surface area contributed by atoms with Crippen LogP contribution < -0.4 is 5.32 Å². The second-order valence-electron chi connectivity index (χ2n) is 7.24. The monoisotopic (exact) mass is 352 g/mol. The van der Waals surface area contributed by atoms with Gasteiger partial charge in [0.05, 0.1) is 5.56 Å². The zero-order valence-electron chi connectivity index (χ0n) is 15.4. The van der Waals surface area contributed by atoms with E-state index < -0.39 is 5.97 Å². The minimum atomic E-state index is -0.886. The van der Waals surface area contributed by atoms with Crippen LogP contribution in [0.3, 0.4) is 0 Å². The molecule has 1 heterocycles. The topological polar surface area (TPSA) is 52.6 Å². The third kappa shape index (κ3) is 5.16. The Kier molecular flexibility index (Phi) is 6.42. The second-order valence-corrected chi connectivity index (χ2v) is 7.24. The van der Waals surface area contributed by atoms with Crippen molar-refractivity contribution in [3.63, 3.8) is 0 Å². The first-order valence-electron chi connectivity index (χ1n) is 9.46. The number of piperidine rings is 1. The fraction of sp³-hybridized carbons (Fsp3) is 0.409. The van der Waals surface area contributed by atoms with Gasteiger partial charge in [-0.1, -0.05) is 42.8 Å². The number of rotatable bonds is 7. The zero-order valence-corrected chi connectivity index (χ0v) is 15.4. The summed E-state index contributed by atoms with van der Waals surface area (Å²) in [7, 11) is 0. The average molecular weight is 352 g/mol. The summed E-state index contributed by atoms with van der Waals surface area (Å²) in [5.41, 5.74) is 4.06. The molecule has 138 valence electrons. The molecule has 0 amide bonds. The van der Waals surface area contributed by atoms with Gasteiger partial charge in [0.2, 0.25) is 0 Å². The highest BCUT2D eigenvalue weighted by Gasteiger charge is 2.17. The summed E-state index contributed by atoms with van der Waals surface area (Å²) in [5, 5.41) is 12.3. The number of hydrogen-bond acceptors (Lipinski definition) is 3. The molecule has 4 nitrogen and oxygen atoms in total. The standard InChI is InChI=1S/C22H28N2O2/c1-17-4-2-3-13-24(17)16-20-7-5-18(6-8-20)14-23-15-19-9-11-21(12-10-19)22(25)26/h5-12,17,23H,2-4,13-16H2,1H3,(H,25,26). The van der Waals surface area contributed by atoms with Crippen LogP contribution in [0.15, 0.2) is 48.5 Å². The van der Waals surface area contributed by atoms with Crippen molar-refractivity contribution >= 4 is 5.97 Å². The van der Waals surface area contributed by atoms with Crippen LogP contribution >= 0.6 is 0 Å². The summed E-state index contributed by atoms with van der Waals surface area (Å²) in [4.78, 5) is 13.4. The molecule has 26 heavy (non-hydrogen) atoms. The lowest BCUT2D eigenvalue weighted by atomic mass is 10.0. The number of carboxylic acid groups (broad SMARTS) is 1. The molecule has 1 aliphatic heterocycles. The van der Waals surface area contributed by atoms with E-state index >= 15 is 0 Å². The zero-order chi connectivity index (χ0) is 18.4. The minimum Gasteiger partial charge on any atom is -0.478 e. The molecular formula is C22H28N2O2. The third-order valence-electron chi connectivity index (χ3n) is 5.21. The predicted molar refractivity (Wildman–Crippen MR) is 104 cm³/mol. The molecule has 1 fully saturated rings. The third-order valence-corrected chi connectivity index (χ3v) is 5.21. The van der Waals surface area contributed by atoms with Crippen molar-refractivity contribution in [3.05, 3.63) is 70.8 Å². The molecule has 2 N–H and O–H groups in total. The van der Waals surface area contributed by atoms with Gasteiger partial charge in [0.25, 0.3) is 0 Å². The quantitative estimate of drug-likeness (QED) is 0.789. The van der Waals surface area contributed by atoms with Crippen molar-refractivity contribution in [1.82, 2.24) is 10.2 Å². The molecule has 0 saturated carbocycles. The molecule has 0 bridgehead atoms. The number of aromatic carboxylic acids is 1. The number of hydrogen-bond donors (Lipinski definition) is 2. The second kappa shape index (κ2) is 8.97. The van der Waals surface area contributed by atoms with Gasteiger partial charge in [-0.2, -0.15) is 0 Å². The van der Waals surface area contributed by atoms with Crippen LogP contribution in [0.4, 0.5) is 0 Å². The number of nitrogens with zero attached hydrogens (tertiary/aromatic N) is 1. The summed E-state index contributed by atoms with van der Waals surface area (Å²) >= 11 is 0. The molecule has 3 rings (SSSR count). The van der Waals surface area contributed by atoms with Crippen molar-refractivity contribution in [1.29, 1.82) is 0 Å². The van der Waals surface area contributed by atoms with Gasteiger partial charge >= 0.3 is 5.97 Å². The Morgan fingerprint density at radius 3 is 2.15 bits per heavy atom. The Bertz CT molecular complexity index is 710. The van der Waals surface area contributed by atoms with Crippen molar-refractivity contribution < 1.29 is 9.90 Å². The van der Waals surface area contributed by atoms with Crippen LogP contribution in [0.5, 0.6) is 0 Å². The van der Waals surface area contributed by atoms with Gasteiger partial charge in [0.15, 0.2) is 0 Å². The van der Waals surface area contributed by atoms with Gasteiger partial charge in [-0.3, -0.25) is 4.90 Å². The largest absolute Gasteiger partial charge is 0.478 e. The number of nitrogens with one attached hydrogen (secondary N) is 1. The van der Waals surface area contributed by atoms with E-state index in [1.165, 1.54) is 36.9 Å². The maximum atomic E-state index is 10.9. The number of likely N-dealkylation sites (tertiary alicyclic amines) is 1. The smallest absolute Gasteiger partial charge is 0.335 e. The Morgan fingerprint density at radius 2 is 1.58 bits per heavy atom. The highest BCUT2D eigenvalue weighted by molar-refractivity contribution is 5.87. The highest BCUT2D eigenvalue weighted by Crippen LogP contribution is 2.19. The van der Waals surface area contributed by atoms with Crippen LogP contribution in [-0.4, -0.2) is 28.6 Å². The molecule has 2 aromatic carbocycles. The summed E-state index contributed by atoms with van der Waals surface area (Å²) in [5.74, 6) is -0.886. The normalized spacial score (nSPS) is 18.0. The van der Waals surface area contributed by atoms with Crippen LogP contribution in [0, 0.1) is 0 Å². The van der Waals surface area contributed by atoms with E-state index in [1.807, 2.05) is 12.1 Å². The van der Waals surface area contributed by atoms with Crippen LogP contribution in [0.25, 0.3) is 0 Å². The van der Waals surface area contributed by atoms with E-state index in [1.54, 1.807) is 12.1 Å². The maximum absolute atomic E-state index is 10.9. The predicted octanol–water partition coefficient (Wildman–Crippen LogP) is 4.05. The summed E-state index contributed by atoms with van der Waals surface area (Å²) in [6, 6.07) is 16.6. The van der Waals surface area contributed by atoms with Crippen LogP contribution in [0.1, 0.15) is 53.2 Å². The number of carboxylic acids is 1. The van der Waals surface area contributed by atoms with Crippen LogP contribution in [-0.2, 0) is 19.6 Å². The van der Waals surface area contributed by atoms with Gasteiger partial charge < -0.3 is 10.4 Å². The maximum Gasteiger partial charge on any atom is 0.335 e. The molecule has 1 saturated heterocycles. The summed E-state index contributed by atoms with van der Waals surface area (Å²) in [6.45, 7) is 6.13. The van der Waals surface area contributed by atoms with E-state index in [2.05, 4.69) is 41.4 Å². The number of carbonyl (C=O) groups is 1. The van der Waals surface area contributed by atoms with Gasteiger partial charge in [0, 0.05) is 25.7 Å². The minimum absolute atomic E-state index is 0.326. The Hall–Kier alpha value is -2.17. The summed E-state index contributed by atoms with van der Waals surface area (Å²) < 4.78 is 0. The fourth-order valence-corrected chi connectivity index (χ4v) is 3.51. The molecule has 1 aliphatic rings. The SMILES string of the molecule is CC1CCCCN1Cc1ccc(CNCc2ccc(C(=O)O)cc2)cc1. The Morgan fingerprint density at radius 1 is 1.00 bits per heavy atom. The molecule has 0 aromatic heterocycles. The first kappa shape index (κ1) is 18.6. The molecule has 0 radical (unpaired) electrons. The molecule has 0 aliphatic carbocycles. The lowest BCUT2D eigenvalue weighted by molar-refractivity contribution is 0.0697. The van der Waals surface area contributed by atoms with Gasteiger partial charge in [-0.15, -0.1) is 0 Å². The molecule has 2 aromatic rings. The Labute approximate surface area is 155 Å². The molecule has 1 atom stereocenters. The first-order valence-corrected chi connectivity index (χ1v) is 9.46. The van der Waals surface area contributed by atoms with Gasteiger partial charge in [-0.05, 0) is 55.1 Å². The molecule has 1 unspecified atom stereocenters. The molecule has 0 spiro atoms. The van der Waals surface area contributed by atoms with E-state index in [0.717, 1.165) is 25.2 Å². The summed E-state index contributed by atoms with van der Waals surface area (Å²) in [6.07, 6.45) is 4.00. The number of benzene rings is 2. The highest BCUT2D eigenvalue weighted by atomic mass is 16.4. The van der Waals surface area contributed by atoms with E-state index in [9.17, 15) is 4.79 Å². The van der Waals surface area contributed by atoms with Crippen molar-refractivity contribution in [2.75, 3.05) is 6.54 Å². The van der Waals surface area contributed by atoms with Crippen molar-refractivity contribution in [2.24, 2.45) is 0 Å². The van der Waals surface area contributed by atoms with E-state index in [0.29, 0.717) is 11.6 Å². The fourth-order valence-electron chi connectivity index (χ4n) is 3.51. The molecule has 4 heteroatoms.